The van der Waals surface area contributed by atoms with Crippen LogP contribution >= 0.6 is 11.6 Å². The number of aromatic nitrogens is 5. The monoisotopic (exact) mass is 332 g/mol. The molecule has 3 rings (SSSR count). The fraction of sp³-hybridized carbons (Fsp3) is 0.143. The van der Waals surface area contributed by atoms with E-state index in [4.69, 9.17) is 11.6 Å². The highest BCUT2D eigenvalue weighted by atomic mass is 35.5. The molecule has 0 saturated carbocycles. The molecule has 8 nitrogen and oxygen atoms in total. The Balaban J connectivity index is 1.86. The fourth-order valence-electron chi connectivity index (χ4n) is 2.06. The van der Waals surface area contributed by atoms with E-state index in [1.807, 2.05) is 0 Å². The second kappa shape index (κ2) is 6.09. The van der Waals surface area contributed by atoms with Crippen molar-refractivity contribution in [3.63, 3.8) is 0 Å². The first-order valence-electron chi connectivity index (χ1n) is 6.69. The van der Waals surface area contributed by atoms with Crippen molar-refractivity contribution in [1.82, 2.24) is 24.5 Å². The van der Waals surface area contributed by atoms with E-state index >= 15 is 0 Å². The molecular formula is C14H13ClN6O2. The molecule has 0 unspecified atom stereocenters. The Morgan fingerprint density at radius 3 is 2.78 bits per heavy atom. The molecule has 3 aromatic heterocycles. The summed E-state index contributed by atoms with van der Waals surface area (Å²) < 4.78 is 3.12. The lowest BCUT2D eigenvalue weighted by molar-refractivity contribution is 0.0689. The first-order chi connectivity index (χ1) is 11.0. The van der Waals surface area contributed by atoms with Crippen molar-refractivity contribution >= 4 is 23.3 Å². The van der Waals surface area contributed by atoms with Gasteiger partial charge in [-0.2, -0.15) is 10.2 Å². The highest BCUT2D eigenvalue weighted by Crippen LogP contribution is 2.15. The maximum atomic E-state index is 11.4. The number of carbonyl (C=O) groups is 1. The molecule has 0 aliphatic heterocycles. The summed E-state index contributed by atoms with van der Waals surface area (Å²) in [5.74, 6) is -1.09. The van der Waals surface area contributed by atoms with Crippen LogP contribution in [0.3, 0.4) is 0 Å². The molecule has 0 radical (unpaired) electrons. The number of pyridine rings is 1. The Bertz CT molecular complexity index is 839. The Kier molecular flexibility index (Phi) is 3.98. The standard InChI is InChI=1S/C14H13ClN6O2/c1-20-8-10(5-18-20)16-4-9-7-21(19-13(9)14(22)23)11-2-3-12(15)17-6-11/h2-3,5-8,16H,4H2,1H3,(H,22,23). The van der Waals surface area contributed by atoms with Gasteiger partial charge in [-0.3, -0.25) is 4.68 Å². The summed E-state index contributed by atoms with van der Waals surface area (Å²) in [4.78, 5) is 15.3. The molecule has 0 amide bonds. The van der Waals surface area contributed by atoms with Gasteiger partial charge < -0.3 is 10.4 Å². The van der Waals surface area contributed by atoms with Crippen LogP contribution < -0.4 is 5.32 Å². The van der Waals surface area contributed by atoms with Gasteiger partial charge in [0.2, 0.25) is 0 Å². The second-order valence-electron chi connectivity index (χ2n) is 4.85. The summed E-state index contributed by atoms with van der Waals surface area (Å²) in [6, 6.07) is 3.33. The van der Waals surface area contributed by atoms with Crippen LogP contribution in [-0.2, 0) is 13.6 Å². The van der Waals surface area contributed by atoms with Crippen molar-refractivity contribution in [2.24, 2.45) is 7.05 Å². The van der Waals surface area contributed by atoms with Crippen LogP contribution in [0.25, 0.3) is 5.69 Å². The van der Waals surface area contributed by atoms with Gasteiger partial charge in [-0.25, -0.2) is 14.5 Å². The zero-order chi connectivity index (χ0) is 16.4. The van der Waals surface area contributed by atoms with Gasteiger partial charge in [0, 0.05) is 31.5 Å². The minimum atomic E-state index is -1.09. The van der Waals surface area contributed by atoms with E-state index in [1.165, 1.54) is 10.9 Å². The number of hydrogen-bond donors (Lipinski definition) is 2. The van der Waals surface area contributed by atoms with E-state index in [-0.39, 0.29) is 5.69 Å². The number of nitrogens with zero attached hydrogens (tertiary/aromatic N) is 5. The third-order valence-corrected chi connectivity index (χ3v) is 3.38. The molecule has 0 aliphatic carbocycles. The Labute approximate surface area is 136 Å². The minimum Gasteiger partial charge on any atom is -0.476 e. The molecular weight excluding hydrogens is 320 g/mol. The number of halogens is 1. The number of aryl methyl sites for hydroxylation is 1. The van der Waals surface area contributed by atoms with E-state index in [2.05, 4.69) is 20.5 Å². The number of hydrogen-bond acceptors (Lipinski definition) is 5. The van der Waals surface area contributed by atoms with E-state index in [1.54, 1.807) is 42.5 Å². The van der Waals surface area contributed by atoms with Crippen LogP contribution in [0.4, 0.5) is 5.69 Å². The van der Waals surface area contributed by atoms with Crippen LogP contribution in [0.2, 0.25) is 5.15 Å². The molecule has 0 saturated heterocycles. The average Bonchev–Trinajstić information content (AvgIpc) is 3.12. The lowest BCUT2D eigenvalue weighted by atomic mass is 10.2. The van der Waals surface area contributed by atoms with Crippen molar-refractivity contribution in [2.75, 3.05) is 5.32 Å². The maximum Gasteiger partial charge on any atom is 0.356 e. The van der Waals surface area contributed by atoms with E-state index in [9.17, 15) is 9.90 Å². The van der Waals surface area contributed by atoms with Gasteiger partial charge in [0.25, 0.3) is 0 Å². The molecule has 0 aromatic carbocycles. The Morgan fingerprint density at radius 2 is 2.17 bits per heavy atom. The van der Waals surface area contributed by atoms with Crippen molar-refractivity contribution < 1.29 is 9.90 Å². The average molecular weight is 333 g/mol. The summed E-state index contributed by atoms with van der Waals surface area (Å²) >= 11 is 5.75. The molecule has 0 bridgehead atoms. The molecule has 3 aromatic rings. The summed E-state index contributed by atoms with van der Waals surface area (Å²) in [6.45, 7) is 0.314. The van der Waals surface area contributed by atoms with Gasteiger partial charge in [-0.15, -0.1) is 0 Å². The lowest BCUT2D eigenvalue weighted by Gasteiger charge is -2.01. The van der Waals surface area contributed by atoms with Gasteiger partial charge in [0.15, 0.2) is 5.69 Å². The van der Waals surface area contributed by atoms with Crippen molar-refractivity contribution in [3.8, 4) is 5.69 Å². The number of rotatable bonds is 5. The van der Waals surface area contributed by atoms with Gasteiger partial charge in [-0.1, -0.05) is 11.6 Å². The molecule has 0 atom stereocenters. The smallest absolute Gasteiger partial charge is 0.356 e. The van der Waals surface area contributed by atoms with Crippen LogP contribution in [0.5, 0.6) is 0 Å². The quantitative estimate of drug-likeness (QED) is 0.693. The zero-order valence-electron chi connectivity index (χ0n) is 12.1. The SMILES string of the molecule is Cn1cc(NCc2cn(-c3ccc(Cl)nc3)nc2C(=O)O)cn1. The molecule has 2 N–H and O–H groups in total. The van der Waals surface area contributed by atoms with Crippen LogP contribution in [-0.4, -0.2) is 35.6 Å². The summed E-state index contributed by atoms with van der Waals surface area (Å²) in [6.07, 6.45) is 6.64. The van der Waals surface area contributed by atoms with Gasteiger partial charge in [0.1, 0.15) is 5.15 Å². The third kappa shape index (κ3) is 3.32. The molecule has 9 heteroatoms. The molecule has 0 spiro atoms. The van der Waals surface area contributed by atoms with Gasteiger partial charge >= 0.3 is 5.97 Å². The predicted octanol–water partition coefficient (Wildman–Crippen LogP) is 1.96. The van der Waals surface area contributed by atoms with Crippen LogP contribution in [0, 0.1) is 0 Å². The van der Waals surface area contributed by atoms with E-state index in [0.29, 0.717) is 22.9 Å². The lowest BCUT2D eigenvalue weighted by Crippen LogP contribution is -2.06. The zero-order valence-corrected chi connectivity index (χ0v) is 12.9. The first-order valence-corrected chi connectivity index (χ1v) is 7.07. The third-order valence-electron chi connectivity index (χ3n) is 3.16. The van der Waals surface area contributed by atoms with Crippen molar-refractivity contribution in [1.29, 1.82) is 0 Å². The highest BCUT2D eigenvalue weighted by Gasteiger charge is 2.16. The Hall–Kier alpha value is -2.87. The largest absolute Gasteiger partial charge is 0.476 e. The second-order valence-corrected chi connectivity index (χ2v) is 5.24. The van der Waals surface area contributed by atoms with Crippen molar-refractivity contribution in [3.05, 3.63) is 53.3 Å². The predicted molar refractivity (Wildman–Crippen MR) is 83.9 cm³/mol. The number of carboxylic acids is 1. The molecule has 0 fully saturated rings. The molecule has 0 aliphatic rings. The number of aromatic carboxylic acids is 1. The van der Waals surface area contributed by atoms with Gasteiger partial charge in [-0.05, 0) is 12.1 Å². The topological polar surface area (TPSA) is 97.9 Å². The van der Waals surface area contributed by atoms with E-state index in [0.717, 1.165) is 5.69 Å². The minimum absolute atomic E-state index is 0.0173. The number of anilines is 1. The molecule has 3 heterocycles. The molecule has 118 valence electrons. The summed E-state index contributed by atoms with van der Waals surface area (Å²) in [5.41, 5.74) is 1.96. The maximum absolute atomic E-state index is 11.4. The Morgan fingerprint density at radius 1 is 1.35 bits per heavy atom. The first kappa shape index (κ1) is 15.0. The van der Waals surface area contributed by atoms with Crippen LogP contribution in [0.1, 0.15) is 16.1 Å². The van der Waals surface area contributed by atoms with Crippen LogP contribution in [0.15, 0.2) is 36.9 Å². The fourth-order valence-corrected chi connectivity index (χ4v) is 2.18. The summed E-state index contributed by atoms with van der Waals surface area (Å²) in [5, 5.41) is 20.9. The molecule has 23 heavy (non-hydrogen) atoms. The number of carboxylic acid groups (broad SMARTS) is 1. The van der Waals surface area contributed by atoms with Crippen molar-refractivity contribution in [2.45, 2.75) is 6.54 Å². The normalized spacial score (nSPS) is 10.7. The van der Waals surface area contributed by atoms with E-state index < -0.39 is 5.97 Å². The van der Waals surface area contributed by atoms with Gasteiger partial charge in [0.05, 0.1) is 23.8 Å². The number of nitrogens with one attached hydrogen (secondary N) is 1. The summed E-state index contributed by atoms with van der Waals surface area (Å²) in [7, 11) is 1.80. The highest BCUT2D eigenvalue weighted by molar-refractivity contribution is 6.29.